The molecule has 1 aromatic carbocycles. The Morgan fingerprint density at radius 2 is 2.05 bits per heavy atom. The summed E-state index contributed by atoms with van der Waals surface area (Å²) in [6.45, 7) is 3.87. The minimum atomic E-state index is -3.09. The van der Waals surface area contributed by atoms with Crippen LogP contribution in [-0.2, 0) is 16.6 Å². The molecule has 0 aromatic heterocycles. The van der Waals surface area contributed by atoms with E-state index in [-0.39, 0.29) is 0 Å². The number of sulfonamides is 1. The molecule has 0 aliphatic rings. The average Bonchev–Trinajstić information content (AvgIpc) is 2.33. The van der Waals surface area contributed by atoms with Crippen LogP contribution in [0.4, 0.5) is 0 Å². The number of rotatable bonds is 7. The molecule has 0 fully saturated rings. The fourth-order valence-electron chi connectivity index (χ4n) is 1.66. The van der Waals surface area contributed by atoms with E-state index in [1.54, 1.807) is 6.07 Å². The lowest BCUT2D eigenvalue weighted by atomic mass is 10.1. The Bertz CT molecular complexity index is 562. The van der Waals surface area contributed by atoms with Crippen molar-refractivity contribution in [3.8, 4) is 6.07 Å². The van der Waals surface area contributed by atoms with E-state index in [4.69, 9.17) is 5.26 Å². The van der Waals surface area contributed by atoms with Gasteiger partial charge in [0.15, 0.2) is 0 Å². The summed E-state index contributed by atoms with van der Waals surface area (Å²) in [6.07, 6.45) is 1.89. The van der Waals surface area contributed by atoms with Crippen molar-refractivity contribution < 1.29 is 8.42 Å². The number of hydrogen-bond donors (Lipinski definition) is 2. The van der Waals surface area contributed by atoms with E-state index in [9.17, 15) is 8.42 Å². The maximum Gasteiger partial charge on any atom is 0.208 e. The van der Waals surface area contributed by atoms with Gasteiger partial charge in [0, 0.05) is 13.1 Å². The molecule has 5 nitrogen and oxygen atoms in total. The molecule has 0 spiro atoms. The van der Waals surface area contributed by atoms with Gasteiger partial charge in [-0.3, -0.25) is 0 Å². The standard InChI is InChI=1S/C13H19N3O2S/c1-11-8-12(9-14)4-5-13(11)10-15-6-3-7-16-19(2,17)18/h4-5,8,15-16H,3,6-7,10H2,1-2H3. The zero-order valence-corrected chi connectivity index (χ0v) is 12.0. The summed E-state index contributed by atoms with van der Waals surface area (Å²) >= 11 is 0. The van der Waals surface area contributed by atoms with Gasteiger partial charge < -0.3 is 5.32 Å². The Labute approximate surface area is 114 Å². The number of nitrogens with one attached hydrogen (secondary N) is 2. The highest BCUT2D eigenvalue weighted by Crippen LogP contribution is 2.10. The lowest BCUT2D eigenvalue weighted by Crippen LogP contribution is -2.26. The molecule has 1 aromatic rings. The molecule has 0 saturated carbocycles. The van der Waals surface area contributed by atoms with Crippen LogP contribution in [0.5, 0.6) is 0 Å². The van der Waals surface area contributed by atoms with Crippen molar-refractivity contribution in [1.82, 2.24) is 10.0 Å². The number of nitrogens with zero attached hydrogens (tertiary/aromatic N) is 1. The Morgan fingerprint density at radius 3 is 2.63 bits per heavy atom. The van der Waals surface area contributed by atoms with E-state index >= 15 is 0 Å². The van der Waals surface area contributed by atoms with Crippen LogP contribution in [0, 0.1) is 18.3 Å². The van der Waals surface area contributed by atoms with Crippen LogP contribution >= 0.6 is 0 Å². The third-order valence-electron chi connectivity index (χ3n) is 2.68. The maximum atomic E-state index is 10.8. The van der Waals surface area contributed by atoms with Gasteiger partial charge in [-0.05, 0) is 43.1 Å². The Kier molecular flexibility index (Phi) is 5.96. The van der Waals surface area contributed by atoms with Crippen molar-refractivity contribution in [3.63, 3.8) is 0 Å². The molecule has 0 bridgehead atoms. The smallest absolute Gasteiger partial charge is 0.208 e. The van der Waals surface area contributed by atoms with Crippen molar-refractivity contribution in [2.24, 2.45) is 0 Å². The van der Waals surface area contributed by atoms with Crippen LogP contribution in [0.25, 0.3) is 0 Å². The van der Waals surface area contributed by atoms with Crippen molar-refractivity contribution >= 4 is 10.0 Å². The minimum absolute atomic E-state index is 0.443. The molecule has 0 aliphatic heterocycles. The highest BCUT2D eigenvalue weighted by molar-refractivity contribution is 7.88. The first-order chi connectivity index (χ1) is 8.92. The third-order valence-corrected chi connectivity index (χ3v) is 3.41. The first-order valence-corrected chi connectivity index (χ1v) is 7.96. The molecule has 6 heteroatoms. The molecule has 0 aliphatic carbocycles. The summed E-state index contributed by atoms with van der Waals surface area (Å²) in [5, 5.41) is 12.0. The largest absolute Gasteiger partial charge is 0.313 e. The van der Waals surface area contributed by atoms with Gasteiger partial charge in [0.1, 0.15) is 0 Å². The molecule has 0 amide bonds. The number of nitriles is 1. The van der Waals surface area contributed by atoms with Crippen LogP contribution in [0.1, 0.15) is 23.1 Å². The number of benzene rings is 1. The lowest BCUT2D eigenvalue weighted by Gasteiger charge is -2.08. The van der Waals surface area contributed by atoms with E-state index in [1.807, 2.05) is 19.1 Å². The van der Waals surface area contributed by atoms with Gasteiger partial charge in [0.25, 0.3) is 0 Å². The average molecular weight is 281 g/mol. The van der Waals surface area contributed by atoms with E-state index in [0.717, 1.165) is 36.9 Å². The fourth-order valence-corrected chi connectivity index (χ4v) is 2.17. The number of hydrogen-bond acceptors (Lipinski definition) is 4. The highest BCUT2D eigenvalue weighted by Gasteiger charge is 2.01. The lowest BCUT2D eigenvalue weighted by molar-refractivity contribution is 0.579. The van der Waals surface area contributed by atoms with Gasteiger partial charge in [0.05, 0.1) is 17.9 Å². The second kappa shape index (κ2) is 7.24. The molecular weight excluding hydrogens is 262 g/mol. The molecule has 2 N–H and O–H groups in total. The van der Waals surface area contributed by atoms with Gasteiger partial charge in [-0.1, -0.05) is 6.07 Å². The summed E-state index contributed by atoms with van der Waals surface area (Å²) in [5.41, 5.74) is 2.90. The predicted molar refractivity (Wildman–Crippen MR) is 75.1 cm³/mol. The highest BCUT2D eigenvalue weighted by atomic mass is 32.2. The van der Waals surface area contributed by atoms with Gasteiger partial charge in [0.2, 0.25) is 10.0 Å². The molecule has 0 saturated heterocycles. The van der Waals surface area contributed by atoms with Gasteiger partial charge in [-0.15, -0.1) is 0 Å². The number of aryl methyl sites for hydroxylation is 1. The summed E-state index contributed by atoms with van der Waals surface area (Å²) in [5.74, 6) is 0. The van der Waals surface area contributed by atoms with E-state index in [1.165, 1.54) is 0 Å². The van der Waals surface area contributed by atoms with E-state index < -0.39 is 10.0 Å². The SMILES string of the molecule is Cc1cc(C#N)ccc1CNCCCNS(C)(=O)=O. The Hall–Kier alpha value is -1.42. The van der Waals surface area contributed by atoms with Crippen molar-refractivity contribution in [2.45, 2.75) is 19.9 Å². The van der Waals surface area contributed by atoms with Crippen LogP contribution in [0.15, 0.2) is 18.2 Å². The fraction of sp³-hybridized carbons (Fsp3) is 0.462. The van der Waals surface area contributed by atoms with Crippen molar-refractivity contribution in [2.75, 3.05) is 19.3 Å². The van der Waals surface area contributed by atoms with Crippen molar-refractivity contribution in [1.29, 1.82) is 5.26 Å². The topological polar surface area (TPSA) is 82.0 Å². The van der Waals surface area contributed by atoms with Crippen LogP contribution < -0.4 is 10.0 Å². The zero-order chi connectivity index (χ0) is 14.3. The molecule has 0 atom stereocenters. The van der Waals surface area contributed by atoms with E-state index in [0.29, 0.717) is 12.1 Å². The molecule has 0 radical (unpaired) electrons. The second-order valence-corrected chi connectivity index (χ2v) is 6.28. The summed E-state index contributed by atoms with van der Waals surface area (Å²) < 4.78 is 24.1. The summed E-state index contributed by atoms with van der Waals surface area (Å²) in [4.78, 5) is 0. The van der Waals surface area contributed by atoms with Gasteiger partial charge in [-0.2, -0.15) is 5.26 Å². The quantitative estimate of drug-likeness (QED) is 0.727. The predicted octanol–water partition coefficient (Wildman–Crippen LogP) is 0.896. The Balaban J connectivity index is 2.29. The second-order valence-electron chi connectivity index (χ2n) is 4.45. The zero-order valence-electron chi connectivity index (χ0n) is 11.2. The van der Waals surface area contributed by atoms with Gasteiger partial charge in [-0.25, -0.2) is 13.1 Å². The monoisotopic (exact) mass is 281 g/mol. The van der Waals surface area contributed by atoms with Crippen LogP contribution in [-0.4, -0.2) is 27.8 Å². The summed E-state index contributed by atoms with van der Waals surface area (Å²) in [6, 6.07) is 7.71. The maximum absolute atomic E-state index is 10.8. The molecular formula is C13H19N3O2S. The van der Waals surface area contributed by atoms with E-state index in [2.05, 4.69) is 16.1 Å². The van der Waals surface area contributed by atoms with Crippen molar-refractivity contribution in [3.05, 3.63) is 34.9 Å². The molecule has 104 valence electrons. The normalized spacial score (nSPS) is 11.2. The van der Waals surface area contributed by atoms with Crippen LogP contribution in [0.2, 0.25) is 0 Å². The van der Waals surface area contributed by atoms with Crippen LogP contribution in [0.3, 0.4) is 0 Å². The minimum Gasteiger partial charge on any atom is -0.313 e. The molecule has 19 heavy (non-hydrogen) atoms. The third kappa shape index (κ3) is 6.34. The molecule has 0 unspecified atom stereocenters. The summed E-state index contributed by atoms with van der Waals surface area (Å²) in [7, 11) is -3.09. The first-order valence-electron chi connectivity index (χ1n) is 6.07. The molecule has 0 heterocycles. The Morgan fingerprint density at radius 1 is 1.32 bits per heavy atom. The first kappa shape index (κ1) is 15.6. The van der Waals surface area contributed by atoms with Gasteiger partial charge >= 0.3 is 0 Å². The molecule has 1 rings (SSSR count).